The third kappa shape index (κ3) is 6.50. The molecule has 14 heteroatoms. The summed E-state index contributed by atoms with van der Waals surface area (Å²) in [6, 6.07) is 3.13. The number of nitrogens with zero attached hydrogens (tertiary/aromatic N) is 5. The van der Waals surface area contributed by atoms with Gasteiger partial charge in [-0.1, -0.05) is 29.6 Å². The van der Waals surface area contributed by atoms with Gasteiger partial charge in [-0.3, -0.25) is 14.0 Å². The first-order chi connectivity index (χ1) is 19.6. The Hall–Kier alpha value is -2.01. The molecule has 0 N–H and O–H groups in total. The second-order valence-corrected chi connectivity index (χ2v) is 14.8. The summed E-state index contributed by atoms with van der Waals surface area (Å²) in [5, 5.41) is 0.464. The molecule has 3 heterocycles. The zero-order chi connectivity index (χ0) is 29.3. The van der Waals surface area contributed by atoms with Gasteiger partial charge < -0.3 is 14.4 Å². The van der Waals surface area contributed by atoms with Crippen LogP contribution in [-0.4, -0.2) is 91.4 Å². The van der Waals surface area contributed by atoms with Crippen LogP contribution in [0.1, 0.15) is 25.7 Å². The number of hydrogen-bond acceptors (Lipinski definition) is 9. The van der Waals surface area contributed by atoms with Crippen molar-refractivity contribution in [3.05, 3.63) is 38.7 Å². The lowest BCUT2D eigenvalue weighted by atomic mass is 10.00. The summed E-state index contributed by atoms with van der Waals surface area (Å²) in [4.78, 5) is 24.8. The number of methoxy groups -OCH3 is 2. The van der Waals surface area contributed by atoms with E-state index in [0.29, 0.717) is 29.9 Å². The highest BCUT2D eigenvalue weighted by atomic mass is 35.5. The first kappa shape index (κ1) is 30.4. The monoisotopic (exact) mass is 641 g/mol. The second kappa shape index (κ2) is 12.7. The van der Waals surface area contributed by atoms with Crippen molar-refractivity contribution in [1.29, 1.82) is 0 Å². The van der Waals surface area contributed by atoms with Crippen LogP contribution >= 0.6 is 31.9 Å². The minimum absolute atomic E-state index is 0.162. The molecule has 2 aromatic heterocycles. The Morgan fingerprint density at radius 1 is 1.02 bits per heavy atom. The van der Waals surface area contributed by atoms with Gasteiger partial charge in [-0.15, -0.1) is 0 Å². The Morgan fingerprint density at radius 3 is 2.24 bits per heavy atom. The molecule has 3 aromatic rings. The molecule has 1 aromatic carbocycles. The fourth-order valence-corrected chi connectivity index (χ4v) is 8.02. The first-order valence-corrected chi connectivity index (χ1v) is 17.2. The lowest BCUT2D eigenvalue weighted by Gasteiger charge is -2.38. The maximum atomic E-state index is 14.0. The molecule has 222 valence electrons. The van der Waals surface area contributed by atoms with Crippen molar-refractivity contribution in [1.82, 2.24) is 24.1 Å². The van der Waals surface area contributed by atoms with Crippen LogP contribution in [0.3, 0.4) is 0 Å². The molecule has 0 amide bonds. The summed E-state index contributed by atoms with van der Waals surface area (Å²) in [6.45, 7) is 5.23. The molecule has 2 fully saturated rings. The van der Waals surface area contributed by atoms with Gasteiger partial charge in [-0.25, -0.2) is 13.4 Å². The molecule has 2 aliphatic rings. The van der Waals surface area contributed by atoms with Gasteiger partial charge in [0.15, 0.2) is 0 Å². The molecule has 0 radical (unpaired) electrons. The molecular formula is C27H34Cl2N5O5PS. The van der Waals surface area contributed by atoms with Crippen LogP contribution in [0.25, 0.3) is 22.2 Å². The minimum atomic E-state index is -3.69. The van der Waals surface area contributed by atoms with E-state index in [4.69, 9.17) is 32.7 Å². The van der Waals surface area contributed by atoms with E-state index in [1.165, 1.54) is 44.2 Å². The summed E-state index contributed by atoms with van der Waals surface area (Å²) in [7, 11) is 0.166. The lowest BCUT2D eigenvalue weighted by Crippen LogP contribution is -2.44. The SMILES string of the molecule is COc1cc(OC)c(Cl)c(-c2cc3cnc(S(C)(=O)=O)nc3n(CCCN3CCN(PC4CCC4)CC3)c2=O)c1Cl. The van der Waals surface area contributed by atoms with Crippen LogP contribution in [0.2, 0.25) is 10.0 Å². The fourth-order valence-electron chi connectivity index (χ4n) is 5.18. The number of piperazine rings is 1. The molecule has 1 aliphatic carbocycles. The Kier molecular flexibility index (Phi) is 9.43. The molecule has 0 spiro atoms. The number of sulfone groups is 1. The molecule has 10 nitrogen and oxygen atoms in total. The van der Waals surface area contributed by atoms with Crippen LogP contribution < -0.4 is 15.0 Å². The number of benzene rings is 1. The van der Waals surface area contributed by atoms with E-state index >= 15 is 0 Å². The highest BCUT2D eigenvalue weighted by Crippen LogP contribution is 2.45. The maximum Gasteiger partial charge on any atom is 0.260 e. The van der Waals surface area contributed by atoms with Crippen molar-refractivity contribution in [3.8, 4) is 22.6 Å². The largest absolute Gasteiger partial charge is 0.495 e. The molecule has 1 aliphatic heterocycles. The highest BCUT2D eigenvalue weighted by Gasteiger charge is 2.25. The number of rotatable bonds is 10. The number of aromatic nitrogens is 3. The van der Waals surface area contributed by atoms with E-state index in [1.54, 1.807) is 12.1 Å². The van der Waals surface area contributed by atoms with E-state index in [0.717, 1.165) is 53.4 Å². The van der Waals surface area contributed by atoms with Gasteiger partial charge in [0, 0.05) is 62.2 Å². The van der Waals surface area contributed by atoms with Gasteiger partial charge in [0.05, 0.1) is 29.8 Å². The van der Waals surface area contributed by atoms with Crippen LogP contribution in [-0.2, 0) is 16.4 Å². The quantitative estimate of drug-likeness (QED) is 0.236. The Labute approximate surface area is 251 Å². The number of fused-ring (bicyclic) bond motifs is 1. The topological polar surface area (TPSA) is 107 Å². The summed E-state index contributed by atoms with van der Waals surface area (Å²) < 4.78 is 39.4. The molecule has 41 heavy (non-hydrogen) atoms. The predicted molar refractivity (Wildman–Crippen MR) is 164 cm³/mol. The van der Waals surface area contributed by atoms with E-state index in [2.05, 4.69) is 19.5 Å². The van der Waals surface area contributed by atoms with Crippen LogP contribution in [0.5, 0.6) is 11.5 Å². The summed E-state index contributed by atoms with van der Waals surface area (Å²) in [6.07, 6.45) is 7.21. The summed E-state index contributed by atoms with van der Waals surface area (Å²) >= 11 is 13.3. The maximum absolute atomic E-state index is 14.0. The van der Waals surface area contributed by atoms with Crippen molar-refractivity contribution < 1.29 is 17.9 Å². The van der Waals surface area contributed by atoms with E-state index < -0.39 is 15.4 Å². The Morgan fingerprint density at radius 2 is 1.68 bits per heavy atom. The zero-order valence-corrected chi connectivity index (χ0v) is 26.7. The van der Waals surface area contributed by atoms with Crippen LogP contribution in [0, 0.1) is 0 Å². The van der Waals surface area contributed by atoms with E-state index in [9.17, 15) is 13.2 Å². The number of halogens is 2. The van der Waals surface area contributed by atoms with Crippen molar-refractivity contribution in [2.75, 3.05) is 53.2 Å². The lowest BCUT2D eigenvalue weighted by molar-refractivity contribution is 0.188. The number of hydrogen-bond donors (Lipinski definition) is 0. The number of pyridine rings is 1. The predicted octanol–water partition coefficient (Wildman–Crippen LogP) is 4.34. The Balaban J connectivity index is 1.47. The van der Waals surface area contributed by atoms with Crippen LogP contribution in [0.4, 0.5) is 0 Å². The van der Waals surface area contributed by atoms with Gasteiger partial charge in [-0.05, 0) is 46.3 Å². The molecular weight excluding hydrogens is 608 g/mol. The van der Waals surface area contributed by atoms with Gasteiger partial charge in [-0.2, -0.15) is 4.98 Å². The standard InChI is InChI=1S/C27H34Cl2N5O5PS/c1-38-20-15-21(39-2)24(29)22(23(20)28)19-14-17-16-30-27(41(3,36)37)31-25(17)34(26(19)35)9-5-8-32-10-12-33(13-11-32)40-18-6-4-7-18/h14-16,18,40H,4-13H2,1-3H3. The van der Waals surface area contributed by atoms with E-state index in [1.807, 2.05) is 0 Å². The third-order valence-electron chi connectivity index (χ3n) is 7.68. The minimum Gasteiger partial charge on any atom is -0.495 e. The van der Waals surface area contributed by atoms with Gasteiger partial charge >= 0.3 is 0 Å². The average molecular weight is 643 g/mol. The fraction of sp³-hybridized carbons (Fsp3) is 0.519. The van der Waals surface area contributed by atoms with Crippen molar-refractivity contribution in [2.45, 2.75) is 43.0 Å². The normalized spacial score (nSPS) is 17.4. The summed E-state index contributed by atoms with van der Waals surface area (Å²) in [5.74, 6) is 0.601. The van der Waals surface area contributed by atoms with Crippen molar-refractivity contribution >= 4 is 52.8 Å². The molecule has 1 saturated carbocycles. The second-order valence-electron chi connectivity index (χ2n) is 10.4. The molecule has 5 rings (SSSR count). The van der Waals surface area contributed by atoms with Crippen molar-refractivity contribution in [2.24, 2.45) is 0 Å². The van der Waals surface area contributed by atoms with Gasteiger partial charge in [0.1, 0.15) is 17.1 Å². The molecule has 1 unspecified atom stereocenters. The molecule has 1 atom stereocenters. The average Bonchev–Trinajstić information content (AvgIpc) is 2.92. The smallest absolute Gasteiger partial charge is 0.260 e. The van der Waals surface area contributed by atoms with Gasteiger partial charge in [0.2, 0.25) is 15.0 Å². The third-order valence-corrected chi connectivity index (χ3v) is 11.0. The first-order valence-electron chi connectivity index (χ1n) is 13.5. The van der Waals surface area contributed by atoms with Crippen LogP contribution in [0.15, 0.2) is 28.3 Å². The molecule has 0 bridgehead atoms. The van der Waals surface area contributed by atoms with Crippen molar-refractivity contribution in [3.63, 3.8) is 0 Å². The number of aryl methyl sites for hydroxylation is 1. The summed E-state index contributed by atoms with van der Waals surface area (Å²) in [5.41, 5.74) is 1.20. The zero-order valence-electron chi connectivity index (χ0n) is 23.3. The number of ether oxygens (including phenoxy) is 2. The molecule has 1 saturated heterocycles. The Bertz CT molecular complexity index is 1580. The van der Waals surface area contributed by atoms with E-state index in [-0.39, 0.29) is 32.0 Å². The highest BCUT2D eigenvalue weighted by molar-refractivity contribution is 7.90. The van der Waals surface area contributed by atoms with Gasteiger partial charge in [0.25, 0.3) is 5.56 Å².